The van der Waals surface area contributed by atoms with Crippen LogP contribution in [0, 0.1) is 0 Å². The Hall–Kier alpha value is -2.10. The largest absolute Gasteiger partial charge is 0.332 e. The zero-order valence-electron chi connectivity index (χ0n) is 11.7. The molecule has 0 radical (unpaired) electrons. The van der Waals surface area contributed by atoms with Gasteiger partial charge in [0.25, 0.3) is 0 Å². The fourth-order valence-electron chi connectivity index (χ4n) is 2.16. The van der Waals surface area contributed by atoms with Gasteiger partial charge in [-0.1, -0.05) is 48.0 Å². The van der Waals surface area contributed by atoms with Crippen LogP contribution in [0.1, 0.15) is 11.1 Å². The predicted octanol–water partition coefficient (Wildman–Crippen LogP) is 4.94. The van der Waals surface area contributed by atoms with Crippen LogP contribution in [-0.4, -0.2) is 14.5 Å². The lowest BCUT2D eigenvalue weighted by Crippen LogP contribution is -1.97. The van der Waals surface area contributed by atoms with Crippen LogP contribution < -0.4 is 0 Å². The van der Waals surface area contributed by atoms with E-state index in [1.165, 1.54) is 0 Å². The molecule has 0 saturated heterocycles. The highest BCUT2D eigenvalue weighted by atomic mass is 35.5. The average molecular weight is 330 g/mol. The third-order valence-electron chi connectivity index (χ3n) is 3.30. The summed E-state index contributed by atoms with van der Waals surface area (Å²) in [6.07, 6.45) is 7.23. The molecule has 110 valence electrons. The Morgan fingerprint density at radius 2 is 2.00 bits per heavy atom. The molecule has 0 fully saturated rings. The zero-order valence-corrected chi connectivity index (χ0v) is 13.2. The molecule has 0 amide bonds. The number of hydrogen-bond donors (Lipinski definition) is 0. The van der Waals surface area contributed by atoms with Crippen LogP contribution in [0.4, 0.5) is 0 Å². The van der Waals surface area contributed by atoms with Crippen molar-refractivity contribution in [2.45, 2.75) is 6.54 Å². The van der Waals surface area contributed by atoms with E-state index in [1.54, 1.807) is 24.7 Å². The van der Waals surface area contributed by atoms with E-state index in [9.17, 15) is 0 Å². The van der Waals surface area contributed by atoms with Gasteiger partial charge in [0.1, 0.15) is 5.69 Å². The van der Waals surface area contributed by atoms with Crippen molar-refractivity contribution >= 4 is 29.3 Å². The predicted molar refractivity (Wildman–Crippen MR) is 91.1 cm³/mol. The molecule has 2 heterocycles. The molecule has 22 heavy (non-hydrogen) atoms. The summed E-state index contributed by atoms with van der Waals surface area (Å²) in [6.45, 7) is 4.37. The summed E-state index contributed by atoms with van der Waals surface area (Å²) < 4.78 is 1.95. The van der Waals surface area contributed by atoms with Crippen molar-refractivity contribution in [2.75, 3.05) is 0 Å². The van der Waals surface area contributed by atoms with Gasteiger partial charge < -0.3 is 4.57 Å². The molecule has 0 aliphatic heterocycles. The van der Waals surface area contributed by atoms with Gasteiger partial charge in [0.2, 0.25) is 0 Å². The first-order chi connectivity index (χ1) is 10.7. The van der Waals surface area contributed by atoms with Crippen LogP contribution in [0.5, 0.6) is 0 Å². The summed E-state index contributed by atoms with van der Waals surface area (Å²) in [4.78, 5) is 8.74. The molecule has 0 unspecified atom stereocenters. The molecule has 5 heteroatoms. The molecule has 0 spiro atoms. The third kappa shape index (κ3) is 3.06. The minimum absolute atomic E-state index is 0.555. The van der Waals surface area contributed by atoms with E-state index >= 15 is 0 Å². The van der Waals surface area contributed by atoms with Crippen LogP contribution in [-0.2, 0) is 6.54 Å². The van der Waals surface area contributed by atoms with E-state index in [-0.39, 0.29) is 0 Å². The van der Waals surface area contributed by atoms with Gasteiger partial charge in [-0.25, -0.2) is 4.98 Å². The summed E-state index contributed by atoms with van der Waals surface area (Å²) in [5, 5.41) is 1.13. The Balaban J connectivity index is 1.87. The number of halogens is 2. The first-order valence-corrected chi connectivity index (χ1v) is 7.46. The Bertz CT molecular complexity index is 824. The van der Waals surface area contributed by atoms with Crippen molar-refractivity contribution in [1.29, 1.82) is 0 Å². The standard InChI is InChI=1S/C17H13Cl2N3/c1-2-12-6-7-20-15(8-12)16-10-22(11-21-16)9-13-4-3-5-14(18)17(13)19/h2-8,10-11H,1,9H2. The van der Waals surface area contributed by atoms with E-state index in [0.717, 1.165) is 22.5 Å². The van der Waals surface area contributed by atoms with E-state index in [4.69, 9.17) is 23.2 Å². The summed E-state index contributed by atoms with van der Waals surface area (Å²) >= 11 is 12.3. The minimum Gasteiger partial charge on any atom is -0.332 e. The topological polar surface area (TPSA) is 30.7 Å². The van der Waals surface area contributed by atoms with Gasteiger partial charge in [0.15, 0.2) is 0 Å². The van der Waals surface area contributed by atoms with Crippen molar-refractivity contribution in [1.82, 2.24) is 14.5 Å². The second kappa shape index (κ2) is 6.34. The molecule has 0 bridgehead atoms. The smallest absolute Gasteiger partial charge is 0.107 e. The summed E-state index contributed by atoms with van der Waals surface area (Å²) in [6, 6.07) is 9.46. The van der Waals surface area contributed by atoms with Gasteiger partial charge in [-0.2, -0.15) is 0 Å². The lowest BCUT2D eigenvalue weighted by Gasteiger charge is -2.06. The van der Waals surface area contributed by atoms with Gasteiger partial charge in [-0.15, -0.1) is 0 Å². The molecule has 0 atom stereocenters. The van der Waals surface area contributed by atoms with Gasteiger partial charge in [-0.3, -0.25) is 4.98 Å². The first-order valence-electron chi connectivity index (χ1n) is 6.71. The van der Waals surface area contributed by atoms with E-state index in [2.05, 4.69) is 16.5 Å². The highest BCUT2D eigenvalue weighted by Gasteiger charge is 2.08. The molecule has 0 aliphatic carbocycles. The SMILES string of the molecule is C=Cc1ccnc(-c2cn(Cc3cccc(Cl)c3Cl)cn2)c1. The Morgan fingerprint density at radius 1 is 1.14 bits per heavy atom. The van der Waals surface area contributed by atoms with Gasteiger partial charge in [-0.05, 0) is 29.3 Å². The van der Waals surface area contributed by atoms with E-state index in [1.807, 2.05) is 35.0 Å². The van der Waals surface area contributed by atoms with Crippen molar-refractivity contribution in [3.8, 4) is 11.4 Å². The fourth-order valence-corrected chi connectivity index (χ4v) is 2.54. The number of imidazole rings is 1. The second-order valence-electron chi connectivity index (χ2n) is 4.82. The number of pyridine rings is 1. The zero-order chi connectivity index (χ0) is 15.5. The normalized spacial score (nSPS) is 10.6. The highest BCUT2D eigenvalue weighted by molar-refractivity contribution is 6.42. The maximum absolute atomic E-state index is 6.22. The quantitative estimate of drug-likeness (QED) is 0.678. The fraction of sp³-hybridized carbons (Fsp3) is 0.0588. The maximum Gasteiger partial charge on any atom is 0.107 e. The lowest BCUT2D eigenvalue weighted by molar-refractivity contribution is 0.798. The molecule has 0 saturated carbocycles. The molecule has 3 rings (SSSR count). The Morgan fingerprint density at radius 3 is 2.82 bits per heavy atom. The Kier molecular flexibility index (Phi) is 4.27. The van der Waals surface area contributed by atoms with Crippen LogP contribution in [0.25, 0.3) is 17.5 Å². The maximum atomic E-state index is 6.22. The van der Waals surface area contributed by atoms with Crippen molar-refractivity contribution < 1.29 is 0 Å². The first kappa shape index (κ1) is 14.8. The van der Waals surface area contributed by atoms with Gasteiger partial charge >= 0.3 is 0 Å². The summed E-state index contributed by atoms with van der Waals surface area (Å²) in [7, 11) is 0. The molecule has 3 aromatic rings. The molecule has 2 aromatic heterocycles. The van der Waals surface area contributed by atoms with Gasteiger partial charge in [0, 0.05) is 12.4 Å². The molecule has 0 N–H and O–H groups in total. The molecular formula is C17H13Cl2N3. The van der Waals surface area contributed by atoms with Crippen LogP contribution in [0.3, 0.4) is 0 Å². The van der Waals surface area contributed by atoms with Crippen LogP contribution >= 0.6 is 23.2 Å². The minimum atomic E-state index is 0.555. The molecule has 3 nitrogen and oxygen atoms in total. The second-order valence-corrected chi connectivity index (χ2v) is 5.61. The van der Waals surface area contributed by atoms with E-state index < -0.39 is 0 Å². The summed E-state index contributed by atoms with van der Waals surface area (Å²) in [5.41, 5.74) is 3.58. The van der Waals surface area contributed by atoms with Crippen molar-refractivity contribution in [3.05, 3.63) is 76.8 Å². The number of rotatable bonds is 4. The number of hydrogen-bond acceptors (Lipinski definition) is 2. The van der Waals surface area contributed by atoms with Gasteiger partial charge in [0.05, 0.1) is 28.6 Å². The van der Waals surface area contributed by atoms with Crippen LogP contribution in [0.15, 0.2) is 55.6 Å². The number of nitrogens with zero attached hydrogens (tertiary/aromatic N) is 3. The lowest BCUT2D eigenvalue weighted by atomic mass is 10.2. The number of benzene rings is 1. The van der Waals surface area contributed by atoms with E-state index in [0.29, 0.717) is 16.6 Å². The molecular weight excluding hydrogens is 317 g/mol. The molecule has 1 aromatic carbocycles. The number of aromatic nitrogens is 3. The molecule has 0 aliphatic rings. The Labute approximate surface area is 138 Å². The highest BCUT2D eigenvalue weighted by Crippen LogP contribution is 2.26. The monoisotopic (exact) mass is 329 g/mol. The third-order valence-corrected chi connectivity index (χ3v) is 4.16. The van der Waals surface area contributed by atoms with Crippen molar-refractivity contribution in [3.63, 3.8) is 0 Å². The average Bonchev–Trinajstić information content (AvgIpc) is 3.00. The van der Waals surface area contributed by atoms with Crippen LogP contribution in [0.2, 0.25) is 10.0 Å². The van der Waals surface area contributed by atoms with Crippen molar-refractivity contribution in [2.24, 2.45) is 0 Å². The summed E-state index contributed by atoms with van der Waals surface area (Å²) in [5.74, 6) is 0.